The van der Waals surface area contributed by atoms with Gasteiger partial charge in [0.1, 0.15) is 0 Å². The zero-order valence-corrected chi connectivity index (χ0v) is 14.2. The third-order valence-corrected chi connectivity index (χ3v) is 5.98. The Morgan fingerprint density at radius 1 is 1.04 bits per heavy atom. The zero-order chi connectivity index (χ0) is 16.9. The van der Waals surface area contributed by atoms with Crippen LogP contribution < -0.4 is 0 Å². The van der Waals surface area contributed by atoms with E-state index >= 15 is 0 Å². The second-order valence-corrected chi connectivity index (χ2v) is 7.27. The smallest absolute Gasteiger partial charge is 0.227 e. The number of carbonyl (C=O) groups excluding carboxylic acids is 1. The van der Waals surface area contributed by atoms with Crippen molar-refractivity contribution in [2.24, 2.45) is 0 Å². The number of carbonyl (C=O) groups is 1. The lowest BCUT2D eigenvalue weighted by Gasteiger charge is -2.33. The van der Waals surface area contributed by atoms with Crippen molar-refractivity contribution in [1.29, 1.82) is 0 Å². The molecule has 4 heteroatoms. The molecule has 25 heavy (non-hydrogen) atoms. The molecule has 5 rings (SSSR count). The van der Waals surface area contributed by atoms with Crippen molar-refractivity contribution in [2.75, 3.05) is 13.2 Å². The molecule has 3 heterocycles. The number of benzene rings is 2. The Balaban J connectivity index is 1.43. The average molecular weight is 334 g/mol. The van der Waals surface area contributed by atoms with Crippen LogP contribution in [0.2, 0.25) is 0 Å². The summed E-state index contributed by atoms with van der Waals surface area (Å²) in [6.45, 7) is 2.46. The topological polar surface area (TPSA) is 32.8 Å². The highest BCUT2D eigenvalue weighted by Gasteiger charge is 2.64. The molecule has 3 aliphatic heterocycles. The van der Waals surface area contributed by atoms with Gasteiger partial charge < -0.3 is 9.64 Å². The molecule has 0 radical (unpaired) electrons. The lowest BCUT2D eigenvalue weighted by Crippen LogP contribution is -2.48. The molecule has 4 nitrogen and oxygen atoms in total. The van der Waals surface area contributed by atoms with Gasteiger partial charge in [0.2, 0.25) is 5.91 Å². The van der Waals surface area contributed by atoms with Crippen LogP contribution in [0.4, 0.5) is 0 Å². The van der Waals surface area contributed by atoms with Crippen LogP contribution in [0.5, 0.6) is 0 Å². The molecule has 3 saturated heterocycles. The first-order valence-corrected chi connectivity index (χ1v) is 9.07. The first kappa shape index (κ1) is 15.1. The number of hydrogen-bond acceptors (Lipinski definition) is 3. The van der Waals surface area contributed by atoms with Gasteiger partial charge in [0, 0.05) is 25.9 Å². The Labute approximate surface area is 148 Å². The maximum atomic E-state index is 12.9. The van der Waals surface area contributed by atoms with Gasteiger partial charge in [-0.3, -0.25) is 9.69 Å². The first-order valence-electron chi connectivity index (χ1n) is 9.07. The Hall–Kier alpha value is -2.17. The van der Waals surface area contributed by atoms with Crippen LogP contribution in [0.25, 0.3) is 0 Å². The van der Waals surface area contributed by atoms with Gasteiger partial charge >= 0.3 is 0 Å². The van der Waals surface area contributed by atoms with E-state index in [4.69, 9.17) is 4.74 Å². The second-order valence-electron chi connectivity index (χ2n) is 7.27. The lowest BCUT2D eigenvalue weighted by atomic mass is 10.0. The van der Waals surface area contributed by atoms with E-state index in [-0.39, 0.29) is 18.0 Å². The van der Waals surface area contributed by atoms with E-state index in [1.807, 2.05) is 24.3 Å². The van der Waals surface area contributed by atoms with Crippen molar-refractivity contribution in [1.82, 2.24) is 9.80 Å². The van der Waals surface area contributed by atoms with E-state index in [0.717, 1.165) is 19.5 Å². The summed E-state index contributed by atoms with van der Waals surface area (Å²) in [5, 5.41) is 0. The predicted octanol–water partition coefficient (Wildman–Crippen LogP) is 2.96. The summed E-state index contributed by atoms with van der Waals surface area (Å²) in [5.74, 6) is 0.231. The van der Waals surface area contributed by atoms with Crippen LogP contribution in [-0.2, 0) is 16.1 Å². The van der Waals surface area contributed by atoms with E-state index in [9.17, 15) is 4.79 Å². The van der Waals surface area contributed by atoms with Gasteiger partial charge in [-0.25, -0.2) is 0 Å². The molecule has 2 aromatic rings. The number of hydrogen-bond donors (Lipinski definition) is 0. The molecule has 1 spiro atoms. The molecule has 0 N–H and O–H groups in total. The Morgan fingerprint density at radius 2 is 1.76 bits per heavy atom. The van der Waals surface area contributed by atoms with Gasteiger partial charge in [-0.05, 0) is 11.1 Å². The van der Waals surface area contributed by atoms with Crippen LogP contribution in [0.15, 0.2) is 60.7 Å². The Morgan fingerprint density at radius 3 is 2.52 bits per heavy atom. The Kier molecular flexibility index (Phi) is 3.43. The number of amides is 1. The molecule has 0 saturated carbocycles. The van der Waals surface area contributed by atoms with Crippen molar-refractivity contribution in [3.05, 3.63) is 71.8 Å². The molecule has 128 valence electrons. The standard InChI is InChI=1S/C21H22N2O2/c24-20-13-19-21(11-12-22(19)14-16-7-3-1-4-8-16)23(20)18(15-25-21)17-9-5-2-6-10-17/h1-10,18-19H,11-15H2/t18-,19+,21-/m0/s1. The fraction of sp³-hybridized carbons (Fsp3) is 0.381. The normalized spacial score (nSPS) is 31.4. The highest BCUT2D eigenvalue weighted by atomic mass is 16.5. The van der Waals surface area contributed by atoms with Crippen LogP contribution in [-0.4, -0.2) is 40.6 Å². The third-order valence-electron chi connectivity index (χ3n) is 5.98. The maximum Gasteiger partial charge on any atom is 0.227 e. The molecule has 0 aliphatic carbocycles. The lowest BCUT2D eigenvalue weighted by molar-refractivity contribution is -0.138. The SMILES string of the molecule is O=C1C[C@H]2N(Cc3ccccc3)CC[C@]23OC[C@@H](c2ccccc2)N13. The van der Waals surface area contributed by atoms with E-state index < -0.39 is 5.72 Å². The minimum Gasteiger partial charge on any atom is -0.351 e. The highest BCUT2D eigenvalue weighted by molar-refractivity contribution is 5.82. The van der Waals surface area contributed by atoms with Crippen molar-refractivity contribution in [3.63, 3.8) is 0 Å². The molecule has 3 fully saturated rings. The summed E-state index contributed by atoms with van der Waals surface area (Å²) >= 11 is 0. The molecule has 3 atom stereocenters. The van der Waals surface area contributed by atoms with Crippen molar-refractivity contribution in [3.8, 4) is 0 Å². The van der Waals surface area contributed by atoms with E-state index in [0.29, 0.717) is 13.0 Å². The third kappa shape index (κ3) is 2.25. The largest absolute Gasteiger partial charge is 0.351 e. The molecule has 0 unspecified atom stereocenters. The zero-order valence-electron chi connectivity index (χ0n) is 14.2. The molecular formula is C21H22N2O2. The summed E-state index contributed by atoms with van der Waals surface area (Å²) in [5.41, 5.74) is 2.05. The number of likely N-dealkylation sites (tertiary alicyclic amines) is 1. The van der Waals surface area contributed by atoms with Gasteiger partial charge in [0.25, 0.3) is 0 Å². The number of nitrogens with zero attached hydrogens (tertiary/aromatic N) is 2. The van der Waals surface area contributed by atoms with Crippen LogP contribution in [0.3, 0.4) is 0 Å². The summed E-state index contributed by atoms with van der Waals surface area (Å²) in [6.07, 6.45) is 1.47. The highest BCUT2D eigenvalue weighted by Crippen LogP contribution is 2.51. The van der Waals surface area contributed by atoms with Crippen LogP contribution >= 0.6 is 0 Å². The van der Waals surface area contributed by atoms with Crippen molar-refractivity contribution < 1.29 is 9.53 Å². The van der Waals surface area contributed by atoms with Gasteiger partial charge in [0.05, 0.1) is 18.7 Å². The molecule has 0 bridgehead atoms. The first-order chi connectivity index (χ1) is 12.3. The minimum absolute atomic E-state index is 0.0513. The number of rotatable bonds is 3. The van der Waals surface area contributed by atoms with Gasteiger partial charge in [-0.1, -0.05) is 60.7 Å². The maximum absolute atomic E-state index is 12.9. The van der Waals surface area contributed by atoms with Gasteiger partial charge in [0.15, 0.2) is 5.72 Å². The van der Waals surface area contributed by atoms with E-state index in [1.165, 1.54) is 11.1 Å². The van der Waals surface area contributed by atoms with Crippen LogP contribution in [0, 0.1) is 0 Å². The second kappa shape index (κ2) is 5.68. The molecular weight excluding hydrogens is 312 g/mol. The fourth-order valence-corrected chi connectivity index (χ4v) is 4.86. The van der Waals surface area contributed by atoms with Crippen LogP contribution in [0.1, 0.15) is 30.0 Å². The minimum atomic E-state index is -0.424. The molecule has 3 aliphatic rings. The summed E-state index contributed by atoms with van der Waals surface area (Å²) in [7, 11) is 0. The summed E-state index contributed by atoms with van der Waals surface area (Å²) in [6, 6.07) is 21.0. The fourth-order valence-electron chi connectivity index (χ4n) is 4.86. The summed E-state index contributed by atoms with van der Waals surface area (Å²) < 4.78 is 6.36. The summed E-state index contributed by atoms with van der Waals surface area (Å²) in [4.78, 5) is 17.3. The van der Waals surface area contributed by atoms with E-state index in [1.54, 1.807) is 0 Å². The monoisotopic (exact) mass is 334 g/mol. The van der Waals surface area contributed by atoms with Gasteiger partial charge in [-0.2, -0.15) is 0 Å². The molecule has 0 aromatic heterocycles. The van der Waals surface area contributed by atoms with Gasteiger partial charge in [-0.15, -0.1) is 0 Å². The quantitative estimate of drug-likeness (QED) is 0.865. The average Bonchev–Trinajstić information content (AvgIpc) is 3.27. The predicted molar refractivity (Wildman–Crippen MR) is 94.6 cm³/mol. The van der Waals surface area contributed by atoms with Crippen molar-refractivity contribution in [2.45, 2.75) is 37.2 Å². The molecule has 1 amide bonds. The van der Waals surface area contributed by atoms with E-state index in [2.05, 4.69) is 46.2 Å². The van der Waals surface area contributed by atoms with Crippen molar-refractivity contribution >= 4 is 5.91 Å². The molecule has 2 aromatic carbocycles. The number of ether oxygens (including phenoxy) is 1. The Bertz CT molecular complexity index is 779.